The van der Waals surface area contributed by atoms with Gasteiger partial charge in [0.1, 0.15) is 11.9 Å². The Morgan fingerprint density at radius 3 is 2.08 bits per heavy atom. The van der Waals surface area contributed by atoms with Crippen molar-refractivity contribution in [2.24, 2.45) is 0 Å². The molecular formula is C31H30FN3O2. The predicted octanol–water partition coefficient (Wildman–Crippen LogP) is 5.11. The Morgan fingerprint density at radius 2 is 1.43 bits per heavy atom. The van der Waals surface area contributed by atoms with Crippen LogP contribution in [0.25, 0.3) is 0 Å². The molecule has 0 fully saturated rings. The molecule has 1 heterocycles. The maximum atomic E-state index is 13.7. The van der Waals surface area contributed by atoms with Crippen LogP contribution in [0, 0.1) is 5.82 Å². The van der Waals surface area contributed by atoms with E-state index in [0.29, 0.717) is 12.8 Å². The molecule has 4 rings (SSSR count). The average molecular weight is 496 g/mol. The molecule has 1 atom stereocenters. The molecule has 0 unspecified atom stereocenters. The highest BCUT2D eigenvalue weighted by Gasteiger charge is 2.30. The van der Waals surface area contributed by atoms with Crippen LogP contribution < -0.4 is 5.32 Å². The lowest BCUT2D eigenvalue weighted by molar-refractivity contribution is -0.141. The second-order valence-corrected chi connectivity index (χ2v) is 8.88. The van der Waals surface area contributed by atoms with Gasteiger partial charge >= 0.3 is 0 Å². The van der Waals surface area contributed by atoms with E-state index in [4.69, 9.17) is 0 Å². The minimum atomic E-state index is -0.751. The van der Waals surface area contributed by atoms with Crippen LogP contribution in [-0.4, -0.2) is 27.7 Å². The number of aryl methyl sites for hydroxylation is 1. The molecule has 0 spiro atoms. The summed E-state index contributed by atoms with van der Waals surface area (Å²) in [6.07, 6.45) is 2.85. The lowest BCUT2D eigenvalue weighted by Gasteiger charge is -2.31. The van der Waals surface area contributed by atoms with Crippen molar-refractivity contribution in [1.29, 1.82) is 0 Å². The summed E-state index contributed by atoms with van der Waals surface area (Å²) in [4.78, 5) is 33.2. The van der Waals surface area contributed by atoms with Crippen LogP contribution in [0.3, 0.4) is 0 Å². The second kappa shape index (κ2) is 13.1. The first-order valence-corrected chi connectivity index (χ1v) is 12.4. The molecule has 0 bridgehead atoms. The summed E-state index contributed by atoms with van der Waals surface area (Å²) in [7, 11) is 0. The Kier molecular flexibility index (Phi) is 9.13. The third-order valence-electron chi connectivity index (χ3n) is 6.18. The summed E-state index contributed by atoms with van der Waals surface area (Å²) in [5.41, 5.74) is 3.48. The number of hydrogen-bond acceptors (Lipinski definition) is 3. The lowest BCUT2D eigenvalue weighted by Crippen LogP contribution is -2.50. The first kappa shape index (κ1) is 25.8. The minimum absolute atomic E-state index is 0.137. The van der Waals surface area contributed by atoms with Crippen LogP contribution in [-0.2, 0) is 35.5 Å². The highest BCUT2D eigenvalue weighted by molar-refractivity contribution is 5.88. The predicted molar refractivity (Wildman–Crippen MR) is 142 cm³/mol. The maximum absolute atomic E-state index is 13.7. The summed E-state index contributed by atoms with van der Waals surface area (Å²) in [6.45, 7) is 0.454. The second-order valence-electron chi connectivity index (χ2n) is 8.88. The van der Waals surface area contributed by atoms with Gasteiger partial charge in [-0.3, -0.25) is 14.6 Å². The fourth-order valence-electron chi connectivity index (χ4n) is 4.18. The summed E-state index contributed by atoms with van der Waals surface area (Å²) in [5, 5.41) is 2.97. The van der Waals surface area contributed by atoms with E-state index in [0.717, 1.165) is 22.4 Å². The maximum Gasteiger partial charge on any atom is 0.243 e. The normalized spacial score (nSPS) is 11.5. The van der Waals surface area contributed by atoms with Gasteiger partial charge in [-0.15, -0.1) is 0 Å². The number of benzene rings is 3. The number of halogens is 1. The highest BCUT2D eigenvalue weighted by Crippen LogP contribution is 2.17. The molecule has 6 heteroatoms. The molecule has 4 aromatic rings. The molecule has 37 heavy (non-hydrogen) atoms. The van der Waals surface area contributed by atoms with E-state index in [-0.39, 0.29) is 37.1 Å². The Bertz CT molecular complexity index is 1270. The van der Waals surface area contributed by atoms with Gasteiger partial charge in [0.05, 0.1) is 12.2 Å². The van der Waals surface area contributed by atoms with E-state index in [9.17, 15) is 14.0 Å². The zero-order valence-electron chi connectivity index (χ0n) is 20.6. The van der Waals surface area contributed by atoms with Crippen molar-refractivity contribution >= 4 is 11.8 Å². The zero-order valence-corrected chi connectivity index (χ0v) is 20.6. The van der Waals surface area contributed by atoms with E-state index in [2.05, 4.69) is 10.3 Å². The number of nitrogens with one attached hydrogen (secondary N) is 1. The third kappa shape index (κ3) is 7.84. The average Bonchev–Trinajstić information content (AvgIpc) is 2.95. The molecule has 0 radical (unpaired) electrons. The van der Waals surface area contributed by atoms with E-state index in [1.807, 2.05) is 78.9 Å². The van der Waals surface area contributed by atoms with Crippen molar-refractivity contribution in [1.82, 2.24) is 15.2 Å². The molecular weight excluding hydrogens is 465 g/mol. The Morgan fingerprint density at radius 1 is 0.784 bits per heavy atom. The number of nitrogens with zero attached hydrogens (tertiary/aromatic N) is 2. The van der Waals surface area contributed by atoms with Crippen LogP contribution >= 0.6 is 0 Å². The first-order chi connectivity index (χ1) is 18.1. The van der Waals surface area contributed by atoms with Gasteiger partial charge in [0.25, 0.3) is 0 Å². The summed E-state index contributed by atoms with van der Waals surface area (Å²) < 4.78 is 13.6. The van der Waals surface area contributed by atoms with Gasteiger partial charge in [-0.2, -0.15) is 0 Å². The van der Waals surface area contributed by atoms with Crippen molar-refractivity contribution in [2.45, 2.75) is 38.4 Å². The van der Waals surface area contributed by atoms with Gasteiger partial charge in [0.2, 0.25) is 11.8 Å². The van der Waals surface area contributed by atoms with E-state index < -0.39 is 6.04 Å². The Labute approximate surface area is 217 Å². The Balaban J connectivity index is 1.60. The number of pyridine rings is 1. The molecule has 188 valence electrons. The smallest absolute Gasteiger partial charge is 0.243 e. The molecule has 0 saturated carbocycles. The highest BCUT2D eigenvalue weighted by atomic mass is 19.1. The quantitative estimate of drug-likeness (QED) is 0.315. The molecule has 1 aromatic heterocycles. The fraction of sp³-hybridized carbons (Fsp3) is 0.194. The first-order valence-electron chi connectivity index (χ1n) is 12.4. The van der Waals surface area contributed by atoms with Gasteiger partial charge in [-0.1, -0.05) is 78.9 Å². The SMILES string of the molecule is O=C(NCc1ccccn1)[C@H](Cc1ccccc1)N(Cc1ccc(F)cc1)C(=O)CCc1ccccc1. The third-order valence-corrected chi connectivity index (χ3v) is 6.18. The summed E-state index contributed by atoms with van der Waals surface area (Å²) in [6, 6.07) is 30.3. The van der Waals surface area contributed by atoms with Gasteiger partial charge in [0, 0.05) is 25.6 Å². The van der Waals surface area contributed by atoms with E-state index in [1.165, 1.54) is 12.1 Å². The largest absolute Gasteiger partial charge is 0.349 e. The van der Waals surface area contributed by atoms with Gasteiger partial charge in [-0.25, -0.2) is 4.39 Å². The van der Waals surface area contributed by atoms with Crippen molar-refractivity contribution in [3.8, 4) is 0 Å². The van der Waals surface area contributed by atoms with Crippen LogP contribution in [0.1, 0.15) is 28.8 Å². The molecule has 0 aliphatic rings. The van der Waals surface area contributed by atoms with E-state index >= 15 is 0 Å². The molecule has 0 aliphatic carbocycles. The van der Waals surface area contributed by atoms with Gasteiger partial charge in [0.15, 0.2) is 0 Å². The molecule has 2 amide bonds. The number of hydrogen-bond donors (Lipinski definition) is 1. The van der Waals surface area contributed by atoms with Crippen LogP contribution in [0.15, 0.2) is 109 Å². The standard InChI is InChI=1S/C31H30FN3O2/c32-27-17-14-26(15-18-27)23-35(30(36)19-16-24-9-3-1-4-10-24)29(21-25-11-5-2-6-12-25)31(37)34-22-28-13-7-8-20-33-28/h1-15,17-18,20,29H,16,19,21-23H2,(H,34,37)/t29-/m0/s1. The molecule has 0 aliphatic heterocycles. The van der Waals surface area contributed by atoms with E-state index in [1.54, 1.807) is 23.2 Å². The fourth-order valence-corrected chi connectivity index (χ4v) is 4.18. The minimum Gasteiger partial charge on any atom is -0.349 e. The van der Waals surface area contributed by atoms with Crippen LogP contribution in [0.2, 0.25) is 0 Å². The lowest BCUT2D eigenvalue weighted by atomic mass is 10.0. The van der Waals surface area contributed by atoms with Gasteiger partial charge in [-0.05, 0) is 47.4 Å². The van der Waals surface area contributed by atoms with Crippen molar-refractivity contribution in [2.75, 3.05) is 0 Å². The van der Waals surface area contributed by atoms with Gasteiger partial charge < -0.3 is 10.2 Å². The summed E-state index contributed by atoms with van der Waals surface area (Å²) >= 11 is 0. The number of aromatic nitrogens is 1. The van der Waals surface area contributed by atoms with Crippen molar-refractivity contribution in [3.63, 3.8) is 0 Å². The van der Waals surface area contributed by atoms with Crippen molar-refractivity contribution in [3.05, 3.63) is 138 Å². The number of carbonyl (C=O) groups is 2. The van der Waals surface area contributed by atoms with Crippen LogP contribution in [0.4, 0.5) is 4.39 Å². The molecule has 3 aromatic carbocycles. The van der Waals surface area contributed by atoms with Crippen LogP contribution in [0.5, 0.6) is 0 Å². The number of amides is 2. The number of carbonyl (C=O) groups excluding carboxylic acids is 2. The molecule has 1 N–H and O–H groups in total. The monoisotopic (exact) mass is 495 g/mol. The van der Waals surface area contributed by atoms with Crippen molar-refractivity contribution < 1.29 is 14.0 Å². The summed E-state index contributed by atoms with van der Waals surface area (Å²) in [5.74, 6) is -0.744. The zero-order chi connectivity index (χ0) is 25.9. The number of rotatable bonds is 11. The molecule has 5 nitrogen and oxygen atoms in total. The Hall–Kier alpha value is -4.32. The molecule has 0 saturated heterocycles. The topological polar surface area (TPSA) is 62.3 Å².